The number of carbonyl (C=O) groups excluding carboxylic acids is 2. The number of pyridine rings is 1. The van der Waals surface area contributed by atoms with Crippen LogP contribution in [0.2, 0.25) is 0 Å². The zero-order chi connectivity index (χ0) is 17.6. The third-order valence-electron chi connectivity index (χ3n) is 5.05. The maximum Gasteiger partial charge on any atom is 0.266 e. The van der Waals surface area contributed by atoms with Crippen molar-refractivity contribution in [3.8, 4) is 0 Å². The predicted octanol–water partition coefficient (Wildman–Crippen LogP) is 2.14. The minimum absolute atomic E-state index is 0.0758. The number of hydrogen-bond acceptors (Lipinski definition) is 5. The monoisotopic (exact) mass is 346 g/mol. The van der Waals surface area contributed by atoms with E-state index in [0.717, 1.165) is 27.0 Å². The van der Waals surface area contributed by atoms with E-state index >= 15 is 0 Å². The van der Waals surface area contributed by atoms with Gasteiger partial charge in [-0.05, 0) is 44.7 Å². The Bertz CT molecular complexity index is 835. The van der Waals surface area contributed by atoms with Crippen molar-refractivity contribution in [2.24, 2.45) is 11.7 Å². The molecule has 0 aromatic carbocycles. The van der Waals surface area contributed by atoms with Crippen LogP contribution in [0.1, 0.15) is 39.3 Å². The number of piperidine rings is 1. The topological polar surface area (TPSA) is 102 Å². The predicted molar refractivity (Wildman–Crippen MR) is 96.1 cm³/mol. The summed E-state index contributed by atoms with van der Waals surface area (Å²) in [6.07, 6.45) is 1.22. The Morgan fingerprint density at radius 2 is 1.79 bits per heavy atom. The van der Waals surface area contributed by atoms with Gasteiger partial charge < -0.3 is 16.4 Å². The molecule has 3 heterocycles. The van der Waals surface area contributed by atoms with Crippen molar-refractivity contribution in [2.75, 3.05) is 18.8 Å². The minimum Gasteiger partial charge on any atom is -0.397 e. The van der Waals surface area contributed by atoms with Crippen molar-refractivity contribution in [1.29, 1.82) is 0 Å². The van der Waals surface area contributed by atoms with Gasteiger partial charge in [-0.3, -0.25) is 9.59 Å². The number of likely N-dealkylation sites (tertiary alicyclic amines) is 1. The molecular weight excluding hydrogens is 324 g/mol. The number of fused-ring (bicyclic) bond motifs is 1. The second kappa shape index (κ2) is 6.05. The number of aryl methyl sites for hydroxylation is 2. The number of hydrogen-bond donors (Lipinski definition) is 2. The number of amides is 2. The van der Waals surface area contributed by atoms with Gasteiger partial charge in [-0.1, -0.05) is 0 Å². The zero-order valence-electron chi connectivity index (χ0n) is 14.2. The number of aromatic nitrogens is 1. The largest absolute Gasteiger partial charge is 0.397 e. The zero-order valence-corrected chi connectivity index (χ0v) is 15.0. The molecule has 1 aliphatic rings. The highest BCUT2D eigenvalue weighted by Gasteiger charge is 2.29. The lowest BCUT2D eigenvalue weighted by Crippen LogP contribution is -2.41. The average Bonchev–Trinajstić information content (AvgIpc) is 2.88. The molecule has 128 valence electrons. The van der Waals surface area contributed by atoms with Gasteiger partial charge in [0.1, 0.15) is 9.71 Å². The molecule has 0 bridgehead atoms. The molecule has 1 aliphatic heterocycles. The molecule has 7 heteroatoms. The molecule has 0 unspecified atom stereocenters. The summed E-state index contributed by atoms with van der Waals surface area (Å²) < 4.78 is 0. The lowest BCUT2D eigenvalue weighted by atomic mass is 9.96. The van der Waals surface area contributed by atoms with Crippen LogP contribution in [0.15, 0.2) is 0 Å². The number of anilines is 1. The van der Waals surface area contributed by atoms with Crippen molar-refractivity contribution in [3.63, 3.8) is 0 Å². The van der Waals surface area contributed by atoms with Crippen LogP contribution in [0.25, 0.3) is 10.2 Å². The summed E-state index contributed by atoms with van der Waals surface area (Å²) in [5.74, 6) is -0.495. The van der Waals surface area contributed by atoms with Crippen LogP contribution in [0.5, 0.6) is 0 Å². The average molecular weight is 346 g/mol. The maximum absolute atomic E-state index is 12.9. The number of primary amides is 1. The van der Waals surface area contributed by atoms with E-state index < -0.39 is 0 Å². The minimum atomic E-state index is -0.283. The Hall–Kier alpha value is -2.15. The molecule has 3 rings (SSSR count). The Labute approximate surface area is 144 Å². The first kappa shape index (κ1) is 16.7. The third kappa shape index (κ3) is 2.62. The first-order valence-electron chi connectivity index (χ1n) is 8.05. The van der Waals surface area contributed by atoms with Gasteiger partial charge in [-0.2, -0.15) is 0 Å². The van der Waals surface area contributed by atoms with E-state index in [1.165, 1.54) is 11.3 Å². The summed E-state index contributed by atoms with van der Waals surface area (Å²) in [5.41, 5.74) is 15.3. The van der Waals surface area contributed by atoms with Crippen LogP contribution >= 0.6 is 11.3 Å². The van der Waals surface area contributed by atoms with Gasteiger partial charge in [-0.15, -0.1) is 11.3 Å². The van der Waals surface area contributed by atoms with E-state index in [4.69, 9.17) is 11.5 Å². The molecule has 0 saturated carbocycles. The Morgan fingerprint density at radius 1 is 1.17 bits per heavy atom. The first-order chi connectivity index (χ1) is 11.3. The van der Waals surface area contributed by atoms with E-state index in [-0.39, 0.29) is 17.7 Å². The molecule has 2 aromatic rings. The van der Waals surface area contributed by atoms with Crippen molar-refractivity contribution < 1.29 is 9.59 Å². The molecule has 2 amide bonds. The van der Waals surface area contributed by atoms with Gasteiger partial charge in [0.05, 0.1) is 5.69 Å². The Morgan fingerprint density at radius 3 is 2.38 bits per heavy atom. The summed E-state index contributed by atoms with van der Waals surface area (Å²) in [4.78, 5) is 31.8. The quantitative estimate of drug-likeness (QED) is 0.869. The van der Waals surface area contributed by atoms with Crippen LogP contribution in [0.4, 0.5) is 5.69 Å². The third-order valence-corrected chi connectivity index (χ3v) is 6.14. The van der Waals surface area contributed by atoms with Crippen LogP contribution < -0.4 is 11.5 Å². The highest BCUT2D eigenvalue weighted by Crippen LogP contribution is 2.37. The standard InChI is InChI=1S/C17H22N4O2S/c1-8-9(2)12-13(18)14(24-16(12)20-10(8)3)17(23)21-6-4-11(5-7-21)15(19)22/h11H,4-7,18H2,1-3H3,(H2,19,22). The molecule has 4 N–H and O–H groups in total. The molecule has 24 heavy (non-hydrogen) atoms. The van der Waals surface area contributed by atoms with E-state index in [9.17, 15) is 9.59 Å². The molecular formula is C17H22N4O2S. The van der Waals surface area contributed by atoms with Crippen LogP contribution in [0, 0.1) is 26.7 Å². The number of nitrogens with zero attached hydrogens (tertiary/aromatic N) is 2. The Balaban J connectivity index is 1.93. The van der Waals surface area contributed by atoms with Crippen LogP contribution in [0.3, 0.4) is 0 Å². The fourth-order valence-electron chi connectivity index (χ4n) is 3.24. The number of carbonyl (C=O) groups is 2. The summed E-state index contributed by atoms with van der Waals surface area (Å²) >= 11 is 1.35. The van der Waals surface area contributed by atoms with E-state index in [2.05, 4.69) is 4.98 Å². The molecule has 6 nitrogen and oxygen atoms in total. The molecule has 1 fully saturated rings. The van der Waals surface area contributed by atoms with Crippen molar-refractivity contribution in [1.82, 2.24) is 9.88 Å². The molecule has 0 spiro atoms. The van der Waals surface area contributed by atoms with Crippen LogP contribution in [-0.4, -0.2) is 34.8 Å². The summed E-state index contributed by atoms with van der Waals surface area (Å²) in [6, 6.07) is 0. The van der Waals surface area contributed by atoms with E-state index in [1.54, 1.807) is 4.90 Å². The fourth-order valence-corrected chi connectivity index (χ4v) is 4.41. The Kier molecular flexibility index (Phi) is 4.21. The SMILES string of the molecule is Cc1nc2sc(C(=O)N3CCC(C(N)=O)CC3)c(N)c2c(C)c1C. The van der Waals surface area contributed by atoms with Gasteiger partial charge in [0.2, 0.25) is 5.91 Å². The second-order valence-electron chi connectivity index (χ2n) is 6.44. The second-order valence-corrected chi connectivity index (χ2v) is 7.44. The molecule has 0 aliphatic carbocycles. The van der Waals surface area contributed by atoms with Gasteiger partial charge in [0.25, 0.3) is 5.91 Å². The number of thiophene rings is 1. The number of nitrogens with two attached hydrogens (primary N) is 2. The van der Waals surface area contributed by atoms with E-state index in [0.29, 0.717) is 36.5 Å². The van der Waals surface area contributed by atoms with Crippen molar-refractivity contribution in [2.45, 2.75) is 33.6 Å². The van der Waals surface area contributed by atoms with Gasteiger partial charge in [0, 0.05) is 30.1 Å². The summed E-state index contributed by atoms with van der Waals surface area (Å²) in [6.45, 7) is 7.06. The fraction of sp³-hybridized carbons (Fsp3) is 0.471. The first-order valence-corrected chi connectivity index (χ1v) is 8.87. The van der Waals surface area contributed by atoms with Gasteiger partial charge in [-0.25, -0.2) is 4.98 Å². The highest BCUT2D eigenvalue weighted by atomic mass is 32.1. The maximum atomic E-state index is 12.9. The van der Waals surface area contributed by atoms with Gasteiger partial charge in [0.15, 0.2) is 0 Å². The van der Waals surface area contributed by atoms with E-state index in [1.807, 2.05) is 20.8 Å². The molecule has 1 saturated heterocycles. The van der Waals surface area contributed by atoms with Crippen molar-refractivity contribution in [3.05, 3.63) is 21.7 Å². The van der Waals surface area contributed by atoms with Crippen LogP contribution in [-0.2, 0) is 4.79 Å². The number of nitrogen functional groups attached to an aromatic ring is 1. The van der Waals surface area contributed by atoms with Gasteiger partial charge >= 0.3 is 0 Å². The normalized spacial score (nSPS) is 15.9. The molecule has 2 aromatic heterocycles. The lowest BCUT2D eigenvalue weighted by molar-refractivity contribution is -0.123. The summed E-state index contributed by atoms with van der Waals surface area (Å²) in [5, 5.41) is 0.887. The number of rotatable bonds is 2. The summed E-state index contributed by atoms with van der Waals surface area (Å²) in [7, 11) is 0. The molecule has 0 atom stereocenters. The lowest BCUT2D eigenvalue weighted by Gasteiger charge is -2.30. The highest BCUT2D eigenvalue weighted by molar-refractivity contribution is 7.21. The smallest absolute Gasteiger partial charge is 0.266 e. The molecule has 0 radical (unpaired) electrons. The van der Waals surface area contributed by atoms with Crippen molar-refractivity contribution >= 4 is 39.1 Å².